The number of hydrogen-bond donors (Lipinski definition) is 0. The lowest BCUT2D eigenvalue weighted by molar-refractivity contribution is 0.939. The molecule has 0 spiro atoms. The van der Waals surface area contributed by atoms with Crippen molar-refractivity contribution >= 4 is 39.9 Å². The van der Waals surface area contributed by atoms with E-state index in [1.165, 1.54) is 12.8 Å². The SMILES string of the molecule is Clc1nc(N2CCCC2)c2cccc(Cl)c2n1. The van der Waals surface area contributed by atoms with Crippen molar-refractivity contribution < 1.29 is 0 Å². The van der Waals surface area contributed by atoms with Crippen LogP contribution in [0.25, 0.3) is 10.9 Å². The number of rotatable bonds is 1. The summed E-state index contributed by atoms with van der Waals surface area (Å²) in [7, 11) is 0. The normalized spacial score (nSPS) is 15.8. The first kappa shape index (κ1) is 11.1. The highest BCUT2D eigenvalue weighted by Crippen LogP contribution is 2.31. The van der Waals surface area contributed by atoms with Gasteiger partial charge < -0.3 is 4.90 Å². The molecule has 1 saturated heterocycles. The molecule has 0 unspecified atom stereocenters. The average molecular weight is 268 g/mol. The molecule has 88 valence electrons. The highest BCUT2D eigenvalue weighted by molar-refractivity contribution is 6.36. The lowest BCUT2D eigenvalue weighted by Crippen LogP contribution is -2.19. The quantitative estimate of drug-likeness (QED) is 0.741. The molecule has 17 heavy (non-hydrogen) atoms. The zero-order valence-electron chi connectivity index (χ0n) is 9.16. The maximum absolute atomic E-state index is 6.14. The van der Waals surface area contributed by atoms with Crippen molar-refractivity contribution in [1.29, 1.82) is 0 Å². The minimum absolute atomic E-state index is 0.257. The van der Waals surface area contributed by atoms with Gasteiger partial charge in [-0.25, -0.2) is 4.98 Å². The molecule has 3 rings (SSSR count). The van der Waals surface area contributed by atoms with Crippen LogP contribution in [0.1, 0.15) is 12.8 Å². The minimum Gasteiger partial charge on any atom is -0.356 e. The van der Waals surface area contributed by atoms with Crippen molar-refractivity contribution in [3.63, 3.8) is 0 Å². The molecule has 2 aromatic rings. The van der Waals surface area contributed by atoms with Crippen LogP contribution >= 0.6 is 23.2 Å². The molecule has 1 aromatic heterocycles. The Balaban J connectivity index is 2.25. The van der Waals surface area contributed by atoms with Gasteiger partial charge in [0.1, 0.15) is 5.82 Å². The van der Waals surface area contributed by atoms with Gasteiger partial charge in [-0.2, -0.15) is 4.98 Å². The molecule has 0 bridgehead atoms. The first-order chi connectivity index (χ1) is 8.25. The lowest BCUT2D eigenvalue weighted by Gasteiger charge is -2.18. The average Bonchev–Trinajstić information content (AvgIpc) is 2.83. The Morgan fingerprint density at radius 1 is 1.06 bits per heavy atom. The van der Waals surface area contributed by atoms with Crippen LogP contribution in [0.15, 0.2) is 18.2 Å². The van der Waals surface area contributed by atoms with Gasteiger partial charge in [-0.3, -0.25) is 0 Å². The van der Waals surface area contributed by atoms with Crippen LogP contribution in [0, 0.1) is 0 Å². The van der Waals surface area contributed by atoms with E-state index in [9.17, 15) is 0 Å². The number of aromatic nitrogens is 2. The fourth-order valence-electron chi connectivity index (χ4n) is 2.24. The minimum atomic E-state index is 0.257. The second-order valence-corrected chi connectivity index (χ2v) is 4.89. The van der Waals surface area contributed by atoms with E-state index in [1.807, 2.05) is 18.2 Å². The molecule has 0 aliphatic carbocycles. The molecular weight excluding hydrogens is 257 g/mol. The molecular formula is C12H11Cl2N3. The van der Waals surface area contributed by atoms with Crippen molar-refractivity contribution in [2.75, 3.05) is 18.0 Å². The van der Waals surface area contributed by atoms with Gasteiger partial charge in [-0.15, -0.1) is 0 Å². The van der Waals surface area contributed by atoms with Gasteiger partial charge in [0.15, 0.2) is 0 Å². The van der Waals surface area contributed by atoms with E-state index in [-0.39, 0.29) is 5.28 Å². The molecule has 1 aliphatic rings. The zero-order valence-corrected chi connectivity index (χ0v) is 10.7. The van der Waals surface area contributed by atoms with Crippen molar-refractivity contribution in [2.24, 2.45) is 0 Å². The smallest absolute Gasteiger partial charge is 0.224 e. The Bertz CT molecular complexity index is 565. The molecule has 0 amide bonds. The van der Waals surface area contributed by atoms with Gasteiger partial charge in [0, 0.05) is 18.5 Å². The predicted octanol–water partition coefficient (Wildman–Crippen LogP) is 3.54. The lowest BCUT2D eigenvalue weighted by atomic mass is 10.2. The van der Waals surface area contributed by atoms with Gasteiger partial charge in [-0.05, 0) is 36.6 Å². The number of halogens is 2. The summed E-state index contributed by atoms with van der Waals surface area (Å²) in [5.74, 6) is 0.903. The molecule has 3 nitrogen and oxygen atoms in total. The standard InChI is InChI=1S/C12H11Cl2N3/c13-9-5-3-4-8-10(9)15-12(14)16-11(8)17-6-1-2-7-17/h3-5H,1-2,6-7H2. The summed E-state index contributed by atoms with van der Waals surface area (Å²) < 4.78 is 0. The fraction of sp³-hybridized carbons (Fsp3) is 0.333. The molecule has 0 saturated carbocycles. The Morgan fingerprint density at radius 2 is 1.82 bits per heavy atom. The Labute approximate surface area is 109 Å². The number of benzene rings is 1. The van der Waals surface area contributed by atoms with E-state index in [2.05, 4.69) is 14.9 Å². The van der Waals surface area contributed by atoms with E-state index in [0.29, 0.717) is 5.02 Å². The van der Waals surface area contributed by atoms with E-state index >= 15 is 0 Å². The second kappa shape index (κ2) is 4.31. The number of hydrogen-bond acceptors (Lipinski definition) is 3. The Morgan fingerprint density at radius 3 is 2.59 bits per heavy atom. The first-order valence-corrected chi connectivity index (χ1v) is 6.38. The summed E-state index contributed by atoms with van der Waals surface area (Å²) >= 11 is 12.1. The highest BCUT2D eigenvalue weighted by Gasteiger charge is 2.18. The van der Waals surface area contributed by atoms with Crippen LogP contribution in [-0.2, 0) is 0 Å². The second-order valence-electron chi connectivity index (χ2n) is 4.15. The highest BCUT2D eigenvalue weighted by atomic mass is 35.5. The third kappa shape index (κ3) is 1.94. The largest absolute Gasteiger partial charge is 0.356 e. The van der Waals surface area contributed by atoms with Crippen molar-refractivity contribution in [3.05, 3.63) is 28.5 Å². The molecule has 1 fully saturated rings. The first-order valence-electron chi connectivity index (χ1n) is 5.62. The number of nitrogens with zero attached hydrogens (tertiary/aromatic N) is 3. The summed E-state index contributed by atoms with van der Waals surface area (Å²) in [5.41, 5.74) is 0.732. The van der Waals surface area contributed by atoms with Crippen LogP contribution < -0.4 is 4.90 Å². The molecule has 0 radical (unpaired) electrons. The molecule has 2 heterocycles. The maximum atomic E-state index is 6.14. The van der Waals surface area contributed by atoms with E-state index in [1.54, 1.807) is 0 Å². The molecule has 0 atom stereocenters. The van der Waals surface area contributed by atoms with E-state index in [0.717, 1.165) is 29.8 Å². The molecule has 1 aliphatic heterocycles. The summed E-state index contributed by atoms with van der Waals surface area (Å²) in [6.45, 7) is 2.05. The number of fused-ring (bicyclic) bond motifs is 1. The summed E-state index contributed by atoms with van der Waals surface area (Å²) in [5, 5.41) is 1.85. The number of anilines is 1. The Hall–Kier alpha value is -1.06. The number of para-hydroxylation sites is 1. The van der Waals surface area contributed by atoms with Crippen molar-refractivity contribution in [2.45, 2.75) is 12.8 Å². The van der Waals surface area contributed by atoms with Crippen molar-refractivity contribution in [1.82, 2.24) is 9.97 Å². The van der Waals surface area contributed by atoms with Gasteiger partial charge in [0.2, 0.25) is 5.28 Å². The van der Waals surface area contributed by atoms with Crippen LogP contribution in [-0.4, -0.2) is 23.1 Å². The summed E-state index contributed by atoms with van der Waals surface area (Å²) in [6, 6.07) is 5.73. The summed E-state index contributed by atoms with van der Waals surface area (Å²) in [6.07, 6.45) is 2.40. The summed E-state index contributed by atoms with van der Waals surface area (Å²) in [4.78, 5) is 10.8. The topological polar surface area (TPSA) is 29.0 Å². The van der Waals surface area contributed by atoms with E-state index in [4.69, 9.17) is 23.2 Å². The van der Waals surface area contributed by atoms with Crippen LogP contribution in [0.3, 0.4) is 0 Å². The van der Waals surface area contributed by atoms with Crippen LogP contribution in [0.2, 0.25) is 10.3 Å². The third-order valence-electron chi connectivity index (χ3n) is 3.04. The van der Waals surface area contributed by atoms with Crippen LogP contribution in [0.5, 0.6) is 0 Å². The van der Waals surface area contributed by atoms with E-state index < -0.39 is 0 Å². The molecule has 1 aromatic carbocycles. The van der Waals surface area contributed by atoms with Gasteiger partial charge in [0.05, 0.1) is 10.5 Å². The van der Waals surface area contributed by atoms with Gasteiger partial charge in [0.25, 0.3) is 0 Å². The van der Waals surface area contributed by atoms with Crippen LogP contribution in [0.4, 0.5) is 5.82 Å². The zero-order chi connectivity index (χ0) is 11.8. The Kier molecular flexibility index (Phi) is 2.81. The predicted molar refractivity (Wildman–Crippen MR) is 71.0 cm³/mol. The van der Waals surface area contributed by atoms with Gasteiger partial charge in [-0.1, -0.05) is 17.7 Å². The van der Waals surface area contributed by atoms with Crippen molar-refractivity contribution in [3.8, 4) is 0 Å². The maximum Gasteiger partial charge on any atom is 0.224 e. The fourth-order valence-corrected chi connectivity index (χ4v) is 2.63. The van der Waals surface area contributed by atoms with Gasteiger partial charge >= 0.3 is 0 Å². The third-order valence-corrected chi connectivity index (χ3v) is 3.51. The molecule has 0 N–H and O–H groups in total. The molecule has 5 heteroatoms. The monoisotopic (exact) mass is 267 g/mol.